The average molecular weight is 495 g/mol. The highest BCUT2D eigenvalue weighted by Crippen LogP contribution is 2.34. The molecule has 2 aromatic rings. The molecule has 36 heavy (non-hydrogen) atoms. The van der Waals surface area contributed by atoms with Gasteiger partial charge in [0.15, 0.2) is 5.69 Å². The summed E-state index contributed by atoms with van der Waals surface area (Å²) in [6.45, 7) is 9.14. The van der Waals surface area contributed by atoms with Crippen LogP contribution in [0, 0.1) is 11.3 Å². The van der Waals surface area contributed by atoms with Crippen molar-refractivity contribution in [3.05, 3.63) is 41.6 Å². The fourth-order valence-electron chi connectivity index (χ4n) is 4.91. The largest absolute Gasteiger partial charge is 0.461 e. The van der Waals surface area contributed by atoms with Gasteiger partial charge in [-0.25, -0.2) is 9.78 Å². The first-order chi connectivity index (χ1) is 17.4. The lowest BCUT2D eigenvalue weighted by Gasteiger charge is -2.29. The highest BCUT2D eigenvalue weighted by atomic mass is 16.5. The van der Waals surface area contributed by atoms with Crippen molar-refractivity contribution >= 4 is 23.2 Å². The molecule has 1 aliphatic carbocycles. The third-order valence-electron chi connectivity index (χ3n) is 6.89. The number of aromatic nitrogens is 1. The molecule has 2 fully saturated rings. The standard InChI is InChI=1S/C28H38N4O4/c1-4-36-28(34)24-17-23(19-8-10-21(11-9-19)32-12-14-35-15-13-32)25(26(29)18(2)3)27(31-24)30-20-6-5-7-22(33)16-20/h8-11,17-18,20,22,29,33H,4-7,12-16H2,1-3H3,(H,30,31)/t20-,22-/m1/s1. The van der Waals surface area contributed by atoms with Gasteiger partial charge in [0.25, 0.3) is 0 Å². The molecule has 1 aromatic carbocycles. The molecular formula is C28H38N4O4. The number of aliphatic hydroxyl groups is 1. The van der Waals surface area contributed by atoms with Crippen molar-refractivity contribution in [2.75, 3.05) is 43.1 Å². The van der Waals surface area contributed by atoms with E-state index in [1.165, 1.54) is 0 Å². The van der Waals surface area contributed by atoms with Gasteiger partial charge in [0, 0.05) is 36.1 Å². The lowest BCUT2D eigenvalue weighted by molar-refractivity contribution is 0.0519. The normalized spacial score (nSPS) is 20.3. The molecule has 8 heteroatoms. The van der Waals surface area contributed by atoms with Crippen LogP contribution in [0.3, 0.4) is 0 Å². The van der Waals surface area contributed by atoms with Gasteiger partial charge in [-0.15, -0.1) is 0 Å². The predicted octanol–water partition coefficient (Wildman–Crippen LogP) is 4.50. The molecule has 0 radical (unpaired) electrons. The molecule has 1 aliphatic heterocycles. The number of aliphatic hydroxyl groups excluding tert-OH is 1. The number of nitrogens with zero attached hydrogens (tertiary/aromatic N) is 2. The Morgan fingerprint density at radius 1 is 1.25 bits per heavy atom. The number of ether oxygens (including phenoxy) is 2. The van der Waals surface area contributed by atoms with Crippen LogP contribution >= 0.6 is 0 Å². The SMILES string of the molecule is CCOC(=O)c1cc(-c2ccc(N3CCOCC3)cc2)c(C(=N)C(C)C)c(N[C@@H]2CCC[C@@H](O)C2)n1. The predicted molar refractivity (Wildman–Crippen MR) is 142 cm³/mol. The highest BCUT2D eigenvalue weighted by Gasteiger charge is 2.26. The maximum Gasteiger partial charge on any atom is 0.357 e. The van der Waals surface area contributed by atoms with Crippen LogP contribution in [0.15, 0.2) is 30.3 Å². The Morgan fingerprint density at radius 2 is 1.97 bits per heavy atom. The molecule has 0 bridgehead atoms. The molecule has 0 unspecified atom stereocenters. The molecule has 0 spiro atoms. The van der Waals surface area contributed by atoms with Gasteiger partial charge in [-0.3, -0.25) is 0 Å². The minimum Gasteiger partial charge on any atom is -0.461 e. The van der Waals surface area contributed by atoms with Crippen LogP contribution < -0.4 is 10.2 Å². The summed E-state index contributed by atoms with van der Waals surface area (Å²) in [5, 5.41) is 22.7. The average Bonchev–Trinajstić information content (AvgIpc) is 2.88. The van der Waals surface area contributed by atoms with E-state index in [1.807, 2.05) is 26.0 Å². The molecule has 194 valence electrons. The van der Waals surface area contributed by atoms with Crippen molar-refractivity contribution in [2.24, 2.45) is 5.92 Å². The van der Waals surface area contributed by atoms with E-state index in [4.69, 9.17) is 14.9 Å². The summed E-state index contributed by atoms with van der Waals surface area (Å²) >= 11 is 0. The number of anilines is 2. The van der Waals surface area contributed by atoms with E-state index >= 15 is 0 Å². The number of hydrogen-bond donors (Lipinski definition) is 3. The second kappa shape index (κ2) is 11.8. The molecule has 2 atom stereocenters. The molecule has 1 aromatic heterocycles. The summed E-state index contributed by atoms with van der Waals surface area (Å²) in [5.41, 5.74) is 4.16. The fraction of sp³-hybridized carbons (Fsp3) is 0.536. The van der Waals surface area contributed by atoms with Crippen LogP contribution in [0.1, 0.15) is 62.5 Å². The van der Waals surface area contributed by atoms with E-state index in [0.29, 0.717) is 23.5 Å². The number of rotatable bonds is 8. The Bertz CT molecular complexity index is 1060. The number of pyridine rings is 1. The molecule has 3 N–H and O–H groups in total. The number of carbonyl (C=O) groups is 1. The molecular weight excluding hydrogens is 456 g/mol. The summed E-state index contributed by atoms with van der Waals surface area (Å²) in [5.74, 6) is -0.0206. The molecule has 1 saturated carbocycles. The first-order valence-corrected chi connectivity index (χ1v) is 13.1. The van der Waals surface area contributed by atoms with Gasteiger partial charge < -0.3 is 30.2 Å². The third kappa shape index (κ3) is 6.05. The van der Waals surface area contributed by atoms with E-state index in [-0.39, 0.29) is 30.4 Å². The quantitative estimate of drug-likeness (QED) is 0.366. The smallest absolute Gasteiger partial charge is 0.357 e. The van der Waals surface area contributed by atoms with E-state index in [2.05, 4.69) is 27.3 Å². The molecule has 8 nitrogen and oxygen atoms in total. The summed E-state index contributed by atoms with van der Waals surface area (Å²) in [4.78, 5) is 19.7. The van der Waals surface area contributed by atoms with Crippen molar-refractivity contribution in [1.29, 1.82) is 5.41 Å². The minimum absolute atomic E-state index is 0.0222. The van der Waals surface area contributed by atoms with E-state index < -0.39 is 5.97 Å². The first kappa shape index (κ1) is 26.1. The summed E-state index contributed by atoms with van der Waals surface area (Å²) < 4.78 is 10.8. The number of morpholine rings is 1. The van der Waals surface area contributed by atoms with Crippen LogP contribution in [-0.2, 0) is 9.47 Å². The molecule has 1 saturated heterocycles. The van der Waals surface area contributed by atoms with Crippen LogP contribution in [0.2, 0.25) is 0 Å². The number of nitrogens with one attached hydrogen (secondary N) is 2. The second-order valence-electron chi connectivity index (χ2n) is 9.88. The van der Waals surface area contributed by atoms with Gasteiger partial charge in [0.1, 0.15) is 5.82 Å². The fourth-order valence-corrected chi connectivity index (χ4v) is 4.91. The van der Waals surface area contributed by atoms with Crippen LogP contribution in [0.4, 0.5) is 11.5 Å². The maximum absolute atomic E-state index is 12.8. The van der Waals surface area contributed by atoms with E-state index in [0.717, 1.165) is 62.4 Å². The lowest BCUT2D eigenvalue weighted by atomic mass is 9.90. The topological polar surface area (TPSA) is 108 Å². The van der Waals surface area contributed by atoms with E-state index in [1.54, 1.807) is 13.0 Å². The van der Waals surface area contributed by atoms with Crippen molar-refractivity contribution in [3.63, 3.8) is 0 Å². The maximum atomic E-state index is 12.8. The van der Waals surface area contributed by atoms with Crippen molar-refractivity contribution in [2.45, 2.75) is 58.6 Å². The second-order valence-corrected chi connectivity index (χ2v) is 9.88. The Kier molecular flexibility index (Phi) is 8.59. The number of carbonyl (C=O) groups excluding carboxylic acids is 1. The number of esters is 1. The summed E-state index contributed by atoms with van der Waals surface area (Å²) in [6.07, 6.45) is 2.88. The molecule has 4 rings (SSSR count). The van der Waals surface area contributed by atoms with Crippen LogP contribution in [-0.4, -0.2) is 66.8 Å². The van der Waals surface area contributed by atoms with Crippen molar-refractivity contribution in [3.8, 4) is 11.1 Å². The minimum atomic E-state index is -0.488. The van der Waals surface area contributed by atoms with Gasteiger partial charge in [0.05, 0.1) is 25.9 Å². The zero-order valence-electron chi connectivity index (χ0n) is 21.5. The van der Waals surface area contributed by atoms with Crippen molar-refractivity contribution < 1.29 is 19.4 Å². The summed E-state index contributed by atoms with van der Waals surface area (Å²) in [7, 11) is 0. The van der Waals surface area contributed by atoms with Gasteiger partial charge in [-0.2, -0.15) is 0 Å². The Hall–Kier alpha value is -2.97. The zero-order valence-corrected chi connectivity index (χ0v) is 21.5. The van der Waals surface area contributed by atoms with Gasteiger partial charge in [-0.1, -0.05) is 26.0 Å². The number of benzene rings is 1. The third-order valence-corrected chi connectivity index (χ3v) is 6.89. The van der Waals surface area contributed by atoms with Crippen molar-refractivity contribution in [1.82, 2.24) is 4.98 Å². The molecule has 2 heterocycles. The van der Waals surface area contributed by atoms with Gasteiger partial charge in [0.2, 0.25) is 0 Å². The van der Waals surface area contributed by atoms with Crippen LogP contribution in [0.5, 0.6) is 0 Å². The number of hydrogen-bond acceptors (Lipinski definition) is 8. The zero-order chi connectivity index (χ0) is 25.7. The lowest BCUT2D eigenvalue weighted by Crippen LogP contribution is -2.36. The Balaban J connectivity index is 1.79. The Morgan fingerprint density at radius 3 is 2.61 bits per heavy atom. The molecule has 2 aliphatic rings. The molecule has 0 amide bonds. The van der Waals surface area contributed by atoms with Gasteiger partial charge >= 0.3 is 5.97 Å². The summed E-state index contributed by atoms with van der Waals surface area (Å²) in [6, 6.07) is 10.0. The first-order valence-electron chi connectivity index (χ1n) is 13.1. The van der Waals surface area contributed by atoms with Gasteiger partial charge in [-0.05, 0) is 67.9 Å². The Labute approximate surface area is 213 Å². The van der Waals surface area contributed by atoms with Crippen LogP contribution in [0.25, 0.3) is 11.1 Å². The monoisotopic (exact) mass is 494 g/mol. The highest BCUT2D eigenvalue weighted by molar-refractivity contribution is 6.10. The van der Waals surface area contributed by atoms with E-state index in [9.17, 15) is 9.90 Å².